The van der Waals surface area contributed by atoms with Crippen LogP contribution >= 0.6 is 0 Å². The topological polar surface area (TPSA) is 102 Å². The maximum absolute atomic E-state index is 14.0. The molecule has 1 aromatic carbocycles. The van der Waals surface area contributed by atoms with E-state index in [0.717, 1.165) is 12.1 Å². The molecule has 0 fully saturated rings. The van der Waals surface area contributed by atoms with E-state index >= 15 is 0 Å². The van der Waals surface area contributed by atoms with E-state index in [1.807, 2.05) is 4.72 Å². The van der Waals surface area contributed by atoms with E-state index in [1.54, 1.807) is 0 Å². The molecule has 124 valence electrons. The number of rotatable bonds is 7. The Balaban J connectivity index is 3.31. The highest BCUT2D eigenvalue weighted by atomic mass is 32.2. The van der Waals surface area contributed by atoms with Crippen molar-refractivity contribution in [1.29, 1.82) is 0 Å². The summed E-state index contributed by atoms with van der Waals surface area (Å²) in [7, 11) is -1.83. The number of benzene rings is 1. The largest absolute Gasteiger partial charge is 0.493 e. The molecule has 0 saturated heterocycles. The molecule has 0 aromatic heterocycles. The molecule has 0 unspecified atom stereocenters. The molecule has 0 aliphatic heterocycles. The van der Waals surface area contributed by atoms with Crippen molar-refractivity contribution in [3.8, 4) is 11.5 Å². The molecule has 7 nitrogen and oxygen atoms in total. The predicted octanol–water partition coefficient (Wildman–Crippen LogP) is 1.23. The lowest BCUT2D eigenvalue weighted by atomic mass is 10.1. The molecule has 0 spiro atoms. The quantitative estimate of drug-likeness (QED) is 0.777. The van der Waals surface area contributed by atoms with Crippen molar-refractivity contribution in [3.05, 3.63) is 17.9 Å². The number of carbonyl (C=O) groups is 1. The van der Waals surface area contributed by atoms with E-state index in [-0.39, 0.29) is 11.5 Å². The van der Waals surface area contributed by atoms with Gasteiger partial charge in [-0.1, -0.05) is 13.8 Å². The van der Waals surface area contributed by atoms with E-state index in [9.17, 15) is 17.6 Å². The first kappa shape index (κ1) is 18.2. The van der Waals surface area contributed by atoms with Gasteiger partial charge >= 0.3 is 5.97 Å². The summed E-state index contributed by atoms with van der Waals surface area (Å²) in [6.45, 7) is 3.07. The number of carboxylic acid groups (broad SMARTS) is 1. The van der Waals surface area contributed by atoms with Crippen molar-refractivity contribution in [1.82, 2.24) is 4.72 Å². The monoisotopic (exact) mass is 335 g/mol. The van der Waals surface area contributed by atoms with Crippen molar-refractivity contribution in [2.75, 3.05) is 14.2 Å². The highest BCUT2D eigenvalue weighted by Crippen LogP contribution is 2.32. The molecule has 0 aliphatic rings. The van der Waals surface area contributed by atoms with Gasteiger partial charge in [-0.3, -0.25) is 4.79 Å². The lowest BCUT2D eigenvalue weighted by Gasteiger charge is -2.19. The van der Waals surface area contributed by atoms with Crippen LogP contribution in [0.3, 0.4) is 0 Å². The van der Waals surface area contributed by atoms with Gasteiger partial charge < -0.3 is 14.6 Å². The Labute approximate surface area is 128 Å². The van der Waals surface area contributed by atoms with Gasteiger partial charge in [0.1, 0.15) is 16.8 Å². The van der Waals surface area contributed by atoms with E-state index in [1.165, 1.54) is 28.1 Å². The van der Waals surface area contributed by atoms with Crippen LogP contribution in [0.1, 0.15) is 13.8 Å². The molecular formula is C13H18FNO6S. The van der Waals surface area contributed by atoms with Crippen molar-refractivity contribution in [3.63, 3.8) is 0 Å². The number of halogens is 1. The summed E-state index contributed by atoms with van der Waals surface area (Å²) in [5.74, 6) is -2.90. The number of carboxylic acids is 1. The van der Waals surface area contributed by atoms with Gasteiger partial charge in [-0.25, -0.2) is 12.8 Å². The normalized spacial score (nSPS) is 13.0. The van der Waals surface area contributed by atoms with Crippen LogP contribution in [-0.4, -0.2) is 39.8 Å². The average molecular weight is 335 g/mol. The van der Waals surface area contributed by atoms with Gasteiger partial charge in [0, 0.05) is 12.1 Å². The summed E-state index contributed by atoms with van der Waals surface area (Å²) in [5.41, 5.74) is 0. The zero-order valence-electron chi connectivity index (χ0n) is 12.6. The fraction of sp³-hybridized carbons (Fsp3) is 0.462. The molecule has 0 bridgehead atoms. The van der Waals surface area contributed by atoms with Crippen LogP contribution in [0.15, 0.2) is 17.0 Å². The zero-order chi connectivity index (χ0) is 17.1. The average Bonchev–Trinajstić information content (AvgIpc) is 2.43. The minimum atomic E-state index is -4.38. The standard InChI is InChI=1S/C13H18FNO6S/c1-7(2)12(13(16)17)15-22(18,19)11-6-10(21-4)9(20-3)5-8(11)14/h5-7,12,15H,1-4H3,(H,16,17)/t12-/m1/s1. The number of hydrogen-bond acceptors (Lipinski definition) is 5. The molecule has 9 heteroatoms. The highest BCUT2D eigenvalue weighted by molar-refractivity contribution is 7.89. The smallest absolute Gasteiger partial charge is 0.322 e. The first-order valence-electron chi connectivity index (χ1n) is 6.30. The van der Waals surface area contributed by atoms with Crippen LogP contribution in [-0.2, 0) is 14.8 Å². The van der Waals surface area contributed by atoms with Crippen molar-refractivity contribution in [2.24, 2.45) is 5.92 Å². The lowest BCUT2D eigenvalue weighted by Crippen LogP contribution is -2.44. The molecule has 0 saturated carbocycles. The third-order valence-corrected chi connectivity index (χ3v) is 4.40. The van der Waals surface area contributed by atoms with Crippen LogP contribution in [0.5, 0.6) is 11.5 Å². The lowest BCUT2D eigenvalue weighted by molar-refractivity contribution is -0.140. The van der Waals surface area contributed by atoms with Crippen LogP contribution in [0.25, 0.3) is 0 Å². The van der Waals surface area contributed by atoms with E-state index in [0.29, 0.717) is 0 Å². The molecule has 1 rings (SSSR count). The summed E-state index contributed by atoms with van der Waals surface area (Å²) in [6, 6.07) is 0.423. The van der Waals surface area contributed by atoms with Crippen molar-refractivity contribution < 1.29 is 32.2 Å². The second-order valence-electron chi connectivity index (χ2n) is 4.82. The Kier molecular flexibility index (Phi) is 5.72. The van der Waals surface area contributed by atoms with Gasteiger partial charge in [0.05, 0.1) is 14.2 Å². The van der Waals surface area contributed by atoms with Crippen LogP contribution in [0.2, 0.25) is 0 Å². The SMILES string of the molecule is COc1cc(F)c(S(=O)(=O)N[C@@H](C(=O)O)C(C)C)cc1OC. The predicted molar refractivity (Wildman–Crippen MR) is 76.1 cm³/mol. The summed E-state index contributed by atoms with van der Waals surface area (Å²) < 4.78 is 50.2. The van der Waals surface area contributed by atoms with Gasteiger partial charge in [0.15, 0.2) is 11.5 Å². The second kappa shape index (κ2) is 6.93. The second-order valence-corrected chi connectivity index (χ2v) is 6.50. The zero-order valence-corrected chi connectivity index (χ0v) is 13.4. The molecule has 0 radical (unpaired) electrons. The van der Waals surface area contributed by atoms with Gasteiger partial charge in [-0.15, -0.1) is 0 Å². The van der Waals surface area contributed by atoms with Gasteiger partial charge in [0.25, 0.3) is 0 Å². The van der Waals surface area contributed by atoms with Gasteiger partial charge in [-0.2, -0.15) is 4.72 Å². The number of hydrogen-bond donors (Lipinski definition) is 2. The molecule has 1 atom stereocenters. The summed E-state index contributed by atoms with van der Waals surface area (Å²) in [4.78, 5) is 10.4. The maximum atomic E-state index is 14.0. The summed E-state index contributed by atoms with van der Waals surface area (Å²) in [6.07, 6.45) is 0. The highest BCUT2D eigenvalue weighted by Gasteiger charge is 2.30. The molecule has 0 aliphatic carbocycles. The van der Waals surface area contributed by atoms with Gasteiger partial charge in [-0.05, 0) is 5.92 Å². The molecule has 22 heavy (non-hydrogen) atoms. The first-order chi connectivity index (χ1) is 10.1. The summed E-state index contributed by atoms with van der Waals surface area (Å²) >= 11 is 0. The van der Waals surface area contributed by atoms with Gasteiger partial charge in [0.2, 0.25) is 10.0 Å². The Morgan fingerprint density at radius 1 is 1.23 bits per heavy atom. The Hall–Kier alpha value is -1.87. The van der Waals surface area contributed by atoms with Crippen LogP contribution in [0, 0.1) is 11.7 Å². The van der Waals surface area contributed by atoms with Crippen molar-refractivity contribution >= 4 is 16.0 Å². The molecule has 0 amide bonds. The molecular weight excluding hydrogens is 317 g/mol. The Morgan fingerprint density at radius 2 is 1.73 bits per heavy atom. The van der Waals surface area contributed by atoms with Crippen LogP contribution < -0.4 is 14.2 Å². The van der Waals surface area contributed by atoms with Crippen LogP contribution in [0.4, 0.5) is 4.39 Å². The maximum Gasteiger partial charge on any atom is 0.322 e. The third kappa shape index (κ3) is 3.86. The number of nitrogens with one attached hydrogen (secondary N) is 1. The number of aliphatic carboxylic acids is 1. The Bertz CT molecular complexity index is 659. The first-order valence-corrected chi connectivity index (χ1v) is 7.79. The minimum Gasteiger partial charge on any atom is -0.493 e. The van der Waals surface area contributed by atoms with Crippen molar-refractivity contribution in [2.45, 2.75) is 24.8 Å². The fourth-order valence-corrected chi connectivity index (χ4v) is 3.16. The minimum absolute atomic E-state index is 0.0145. The molecule has 2 N–H and O–H groups in total. The van der Waals surface area contributed by atoms with E-state index in [2.05, 4.69) is 0 Å². The fourth-order valence-electron chi connectivity index (χ4n) is 1.74. The number of sulfonamides is 1. The van der Waals surface area contributed by atoms with E-state index < -0.39 is 38.7 Å². The molecule has 0 heterocycles. The van der Waals surface area contributed by atoms with E-state index in [4.69, 9.17) is 14.6 Å². The molecule has 1 aromatic rings. The number of ether oxygens (including phenoxy) is 2. The third-order valence-electron chi connectivity index (χ3n) is 2.94. The summed E-state index contributed by atoms with van der Waals surface area (Å²) in [5, 5.41) is 9.04. The Morgan fingerprint density at radius 3 is 2.14 bits per heavy atom. The number of methoxy groups -OCH3 is 2.